The Balaban J connectivity index is 1.44. The molecule has 1 aromatic rings. The van der Waals surface area contributed by atoms with Crippen LogP contribution < -0.4 is 4.90 Å². The van der Waals surface area contributed by atoms with Gasteiger partial charge in [0.1, 0.15) is 5.60 Å². The fourth-order valence-corrected chi connectivity index (χ4v) is 4.77. The number of likely N-dealkylation sites (tertiary alicyclic amines) is 1. The highest BCUT2D eigenvalue weighted by molar-refractivity contribution is 6.05. The van der Waals surface area contributed by atoms with Crippen molar-refractivity contribution in [3.8, 4) is 0 Å². The second kappa shape index (κ2) is 7.31. The number of likely N-dealkylation sites (N-methyl/N-ethyl adjacent to an activating group) is 1. The third-order valence-corrected chi connectivity index (χ3v) is 6.59. The number of hydrogen-bond donors (Lipinski definition) is 0. The number of anilines is 1. The summed E-state index contributed by atoms with van der Waals surface area (Å²) >= 11 is 0. The van der Waals surface area contributed by atoms with Crippen LogP contribution in [0.2, 0.25) is 0 Å². The van der Waals surface area contributed by atoms with E-state index in [0.717, 1.165) is 43.9 Å². The van der Waals surface area contributed by atoms with Crippen LogP contribution in [-0.4, -0.2) is 73.6 Å². The highest BCUT2D eigenvalue weighted by atomic mass is 16.6. The van der Waals surface area contributed by atoms with Crippen LogP contribution in [0.3, 0.4) is 0 Å². The number of amides is 1. The molecule has 2 aliphatic heterocycles. The second-order valence-corrected chi connectivity index (χ2v) is 9.89. The van der Waals surface area contributed by atoms with Crippen molar-refractivity contribution >= 4 is 17.6 Å². The molecule has 4 rings (SSSR count). The maximum atomic E-state index is 13.4. The number of nitrogens with zero attached hydrogens (tertiary/aromatic N) is 3. The van der Waals surface area contributed by atoms with Gasteiger partial charge >= 0.3 is 6.09 Å². The van der Waals surface area contributed by atoms with Gasteiger partial charge < -0.3 is 19.4 Å². The summed E-state index contributed by atoms with van der Waals surface area (Å²) in [5.41, 5.74) is 2.38. The maximum Gasteiger partial charge on any atom is 0.410 e. The molecule has 1 aromatic carbocycles. The van der Waals surface area contributed by atoms with Gasteiger partial charge in [0, 0.05) is 55.9 Å². The average Bonchev–Trinajstić information content (AvgIpc) is 2.93. The van der Waals surface area contributed by atoms with Gasteiger partial charge in [0.25, 0.3) is 0 Å². The molecule has 0 atom stereocenters. The summed E-state index contributed by atoms with van der Waals surface area (Å²) in [6.07, 6.45) is 1.95. The van der Waals surface area contributed by atoms with Crippen molar-refractivity contribution in [1.82, 2.24) is 9.80 Å². The highest BCUT2D eigenvalue weighted by Crippen LogP contribution is 2.45. The zero-order chi connectivity index (χ0) is 20.8. The van der Waals surface area contributed by atoms with Gasteiger partial charge in [-0.25, -0.2) is 4.79 Å². The monoisotopic (exact) mass is 399 g/mol. The first kappa shape index (κ1) is 20.2. The fourth-order valence-electron chi connectivity index (χ4n) is 4.77. The van der Waals surface area contributed by atoms with Crippen molar-refractivity contribution in [2.75, 3.05) is 51.2 Å². The molecule has 0 N–H and O–H groups in total. The van der Waals surface area contributed by atoms with E-state index < -0.39 is 5.60 Å². The third-order valence-electron chi connectivity index (χ3n) is 6.59. The van der Waals surface area contributed by atoms with Crippen LogP contribution in [0.1, 0.15) is 49.5 Å². The normalized spacial score (nSPS) is 22.1. The minimum Gasteiger partial charge on any atom is -0.444 e. The van der Waals surface area contributed by atoms with Gasteiger partial charge in [-0.2, -0.15) is 0 Å². The van der Waals surface area contributed by atoms with Crippen LogP contribution in [-0.2, 0) is 11.2 Å². The Labute approximate surface area is 173 Å². The summed E-state index contributed by atoms with van der Waals surface area (Å²) in [5, 5.41) is 0. The van der Waals surface area contributed by atoms with E-state index in [2.05, 4.69) is 35.0 Å². The standard InChI is InChI=1S/C23H33N3O3/c1-22(2,3)29-21(28)26-9-7-23(8-10-26)16-17-5-6-18(15-19(17)20(23)27)25-13-11-24(4)12-14-25/h5-6,15H,7-14,16H2,1-4H3. The Morgan fingerprint density at radius 2 is 1.69 bits per heavy atom. The molecule has 3 aliphatic rings. The van der Waals surface area contributed by atoms with E-state index in [9.17, 15) is 9.59 Å². The predicted molar refractivity (Wildman–Crippen MR) is 114 cm³/mol. The smallest absolute Gasteiger partial charge is 0.410 e. The molecule has 2 heterocycles. The minimum absolute atomic E-state index is 0.271. The Morgan fingerprint density at radius 3 is 2.31 bits per heavy atom. The average molecular weight is 400 g/mol. The molecule has 1 aliphatic carbocycles. The number of ketones is 1. The lowest BCUT2D eigenvalue weighted by Gasteiger charge is -2.38. The first-order chi connectivity index (χ1) is 13.7. The molecule has 2 fully saturated rings. The van der Waals surface area contributed by atoms with E-state index in [-0.39, 0.29) is 17.3 Å². The largest absolute Gasteiger partial charge is 0.444 e. The molecule has 6 heteroatoms. The first-order valence-corrected chi connectivity index (χ1v) is 10.8. The zero-order valence-electron chi connectivity index (χ0n) is 18.2. The Morgan fingerprint density at radius 1 is 1.03 bits per heavy atom. The van der Waals surface area contributed by atoms with Gasteiger partial charge in [0.15, 0.2) is 5.78 Å². The summed E-state index contributed by atoms with van der Waals surface area (Å²) in [7, 11) is 2.15. The Bertz CT molecular complexity index is 798. The SMILES string of the molecule is CN1CCN(c2ccc3c(c2)C(=O)C2(CCN(C(=O)OC(C)(C)C)CC2)C3)CC1. The summed E-state index contributed by atoms with van der Waals surface area (Å²) in [6.45, 7) is 10.9. The second-order valence-electron chi connectivity index (χ2n) is 9.89. The molecule has 29 heavy (non-hydrogen) atoms. The number of carbonyl (C=O) groups is 2. The van der Waals surface area contributed by atoms with Crippen molar-refractivity contribution in [1.29, 1.82) is 0 Å². The molecular weight excluding hydrogens is 366 g/mol. The van der Waals surface area contributed by atoms with Crippen molar-refractivity contribution in [3.05, 3.63) is 29.3 Å². The molecule has 0 bridgehead atoms. The Hall–Kier alpha value is -2.08. The number of rotatable bonds is 1. The summed E-state index contributed by atoms with van der Waals surface area (Å²) in [4.78, 5) is 32.2. The summed E-state index contributed by atoms with van der Waals surface area (Å²) < 4.78 is 5.50. The predicted octanol–water partition coefficient (Wildman–Crippen LogP) is 3.19. The third kappa shape index (κ3) is 4.00. The van der Waals surface area contributed by atoms with Crippen molar-refractivity contribution in [2.45, 2.75) is 45.6 Å². The van der Waals surface area contributed by atoms with E-state index in [1.54, 1.807) is 4.90 Å². The number of ether oxygens (including phenoxy) is 1. The number of Topliss-reactive ketones (excluding diaryl/α,β-unsaturated/α-hetero) is 1. The van der Waals surface area contributed by atoms with Gasteiger partial charge in [-0.05, 0) is 64.8 Å². The maximum absolute atomic E-state index is 13.4. The Kier molecular flexibility index (Phi) is 5.09. The lowest BCUT2D eigenvalue weighted by atomic mass is 9.75. The number of fused-ring (bicyclic) bond motifs is 1. The molecule has 6 nitrogen and oxygen atoms in total. The molecule has 2 saturated heterocycles. The number of benzene rings is 1. The molecule has 1 spiro atoms. The van der Waals surface area contributed by atoms with Crippen LogP contribution in [0.4, 0.5) is 10.5 Å². The molecule has 1 amide bonds. The lowest BCUT2D eigenvalue weighted by Crippen LogP contribution is -2.47. The zero-order valence-corrected chi connectivity index (χ0v) is 18.2. The van der Waals surface area contributed by atoms with Gasteiger partial charge in [-0.1, -0.05) is 6.07 Å². The van der Waals surface area contributed by atoms with E-state index in [1.807, 2.05) is 20.8 Å². The molecular formula is C23H33N3O3. The lowest BCUT2D eigenvalue weighted by molar-refractivity contribution is 0.0114. The van der Waals surface area contributed by atoms with E-state index in [4.69, 9.17) is 4.74 Å². The molecule has 0 saturated carbocycles. The van der Waals surface area contributed by atoms with E-state index >= 15 is 0 Å². The minimum atomic E-state index is -0.495. The van der Waals surface area contributed by atoms with Crippen molar-refractivity contribution in [3.63, 3.8) is 0 Å². The highest BCUT2D eigenvalue weighted by Gasteiger charge is 2.48. The number of hydrogen-bond acceptors (Lipinski definition) is 5. The van der Waals surface area contributed by atoms with Crippen LogP contribution >= 0.6 is 0 Å². The molecule has 0 unspecified atom stereocenters. The van der Waals surface area contributed by atoms with Crippen molar-refractivity contribution < 1.29 is 14.3 Å². The number of piperazine rings is 1. The van der Waals surface area contributed by atoms with Crippen molar-refractivity contribution in [2.24, 2.45) is 5.41 Å². The van der Waals surface area contributed by atoms with Gasteiger partial charge in [-0.15, -0.1) is 0 Å². The number of carbonyl (C=O) groups excluding carboxylic acids is 2. The number of piperidine rings is 1. The molecule has 0 radical (unpaired) electrons. The van der Waals surface area contributed by atoms with E-state index in [1.165, 1.54) is 5.56 Å². The van der Waals surface area contributed by atoms with Crippen LogP contribution in [0.5, 0.6) is 0 Å². The van der Waals surface area contributed by atoms with Gasteiger partial charge in [0.05, 0.1) is 0 Å². The first-order valence-electron chi connectivity index (χ1n) is 10.8. The van der Waals surface area contributed by atoms with Crippen LogP contribution in [0.25, 0.3) is 0 Å². The molecule has 0 aromatic heterocycles. The van der Waals surface area contributed by atoms with Crippen LogP contribution in [0.15, 0.2) is 18.2 Å². The summed E-state index contributed by atoms with van der Waals surface area (Å²) in [5.74, 6) is 0.271. The van der Waals surface area contributed by atoms with Gasteiger partial charge in [0.2, 0.25) is 0 Å². The topological polar surface area (TPSA) is 53.1 Å². The summed E-state index contributed by atoms with van der Waals surface area (Å²) in [6, 6.07) is 6.43. The fraction of sp³-hybridized carbons (Fsp3) is 0.652. The van der Waals surface area contributed by atoms with E-state index in [0.29, 0.717) is 25.9 Å². The quantitative estimate of drug-likeness (QED) is 0.726. The van der Waals surface area contributed by atoms with Gasteiger partial charge in [-0.3, -0.25) is 4.79 Å². The van der Waals surface area contributed by atoms with Crippen LogP contribution in [0, 0.1) is 5.41 Å². The molecule has 158 valence electrons.